The van der Waals surface area contributed by atoms with Gasteiger partial charge in [0.1, 0.15) is 4.91 Å². The minimum Gasteiger partial charge on any atom is -0.693 e. The van der Waals surface area contributed by atoms with E-state index in [9.17, 15) is 0 Å². The second kappa shape index (κ2) is 110. The van der Waals surface area contributed by atoms with Crippen LogP contribution in [0.1, 0.15) is 0 Å². The topological polar surface area (TPSA) is 260 Å². The molecule has 0 aliphatic carbocycles. The normalized spacial score (nSPS) is 2.18. The first-order chi connectivity index (χ1) is 1.73. The molecule has 0 atom stereocenters. The maximum Gasteiger partial charge on any atom is 3.00 e. The predicted octanol–water partition coefficient (Wildman–Crippen LogP) is 2.30. The molecule has 0 saturated carbocycles. The van der Waals surface area contributed by atoms with E-state index in [0.717, 1.165) is 0 Å². The van der Waals surface area contributed by atoms with Crippen molar-refractivity contribution >= 4 is 0 Å². The van der Waals surface area contributed by atoms with Gasteiger partial charge in [0.2, 0.25) is 0 Å². The first-order valence-corrected chi connectivity index (χ1v) is 0.583. The summed E-state index contributed by atoms with van der Waals surface area (Å²) in [6.45, 7) is 0. The van der Waals surface area contributed by atoms with Gasteiger partial charge in [0.25, 0.3) is 0 Å². The van der Waals surface area contributed by atoms with Crippen molar-refractivity contribution in [2.75, 3.05) is 0 Å². The monoisotopic (exact) mass is 214 g/mol. The van der Waals surface area contributed by atoms with Crippen LogP contribution >= 0.6 is 0 Å². The molecular formula is H14CrN6O4-. The Bertz CT molecular complexity index is 37.6. The molecule has 75 valence electrons. The van der Waals surface area contributed by atoms with Crippen LogP contribution in [0, 0.1) is 4.91 Å². The maximum absolute atomic E-state index is 8.47. The molecule has 0 aromatic heterocycles. The van der Waals surface area contributed by atoms with Crippen molar-refractivity contribution in [2.45, 2.75) is 0 Å². The third kappa shape index (κ3) is 2070. The van der Waals surface area contributed by atoms with Crippen LogP contribution in [0.4, 0.5) is 0 Å². The van der Waals surface area contributed by atoms with Gasteiger partial charge in [0.05, 0.1) is 0 Å². The van der Waals surface area contributed by atoms with Gasteiger partial charge in [-0.3, -0.25) is 0 Å². The van der Waals surface area contributed by atoms with E-state index in [-0.39, 0.29) is 53.6 Å². The zero-order chi connectivity index (χ0) is 3.58. The average molecular weight is 214 g/mol. The van der Waals surface area contributed by atoms with Crippen LogP contribution in [-0.2, 0) is 17.4 Å². The Kier molecular flexibility index (Phi) is 1520. The molecule has 0 amide bonds. The zero-order valence-electron chi connectivity index (χ0n) is 5.54. The first-order valence-electron chi connectivity index (χ1n) is 0.583. The van der Waals surface area contributed by atoms with Gasteiger partial charge in [-0.25, -0.2) is 10.4 Å². The molecule has 14 N–H and O–H groups in total. The summed E-state index contributed by atoms with van der Waals surface area (Å²) in [6.07, 6.45) is 0. The molecule has 11 heteroatoms. The van der Waals surface area contributed by atoms with E-state index in [1.165, 1.54) is 0 Å². The van der Waals surface area contributed by atoms with Crippen molar-refractivity contribution in [1.29, 1.82) is 0 Å². The standard InChI is InChI=1S/Cr.H2NO3.5H2N.H2O/c;2-1(3)4;;;;;;/h;(H2,2,3,4);6*1H2/q+3;+1;5*-1;. The van der Waals surface area contributed by atoms with E-state index >= 15 is 0 Å². The van der Waals surface area contributed by atoms with Gasteiger partial charge in [0.15, 0.2) is 0 Å². The largest absolute Gasteiger partial charge is 3.00 e. The van der Waals surface area contributed by atoms with E-state index < -0.39 is 5.09 Å². The fourth-order valence-corrected chi connectivity index (χ4v) is 0. The molecule has 0 aromatic carbocycles. The summed E-state index contributed by atoms with van der Waals surface area (Å²) in [4.78, 5) is 8.47. The Balaban J connectivity index is -0.00000000214. The van der Waals surface area contributed by atoms with Gasteiger partial charge in [-0.2, -0.15) is 0 Å². The average Bonchev–Trinajstić information content (AvgIpc) is 0.811. The van der Waals surface area contributed by atoms with Crippen LogP contribution in [0.25, 0.3) is 30.8 Å². The molecule has 0 aliphatic rings. The summed E-state index contributed by atoms with van der Waals surface area (Å²) in [5.74, 6) is 0. The Morgan fingerprint density at radius 3 is 0.818 bits per heavy atom. The van der Waals surface area contributed by atoms with Crippen LogP contribution in [0.15, 0.2) is 0 Å². The molecule has 0 bridgehead atoms. The number of rotatable bonds is 0. The van der Waals surface area contributed by atoms with E-state index in [4.69, 9.17) is 15.3 Å². The molecule has 0 heterocycles. The molecular weight excluding hydrogens is 200 g/mol. The Hall–Kier alpha value is -0.508. The Labute approximate surface area is 74.8 Å². The van der Waals surface area contributed by atoms with Gasteiger partial charge in [-0.1, -0.05) is 0 Å². The third-order valence-corrected chi connectivity index (χ3v) is 0. The fourth-order valence-electron chi connectivity index (χ4n) is 0. The predicted molar refractivity (Wildman–Crippen MR) is 37.2 cm³/mol. The van der Waals surface area contributed by atoms with Crippen molar-refractivity contribution in [2.24, 2.45) is 0 Å². The van der Waals surface area contributed by atoms with Gasteiger partial charge in [-0.15, -0.1) is 0 Å². The zero-order valence-corrected chi connectivity index (χ0v) is 6.82. The second-order valence-corrected chi connectivity index (χ2v) is 0.253. The molecule has 11 heavy (non-hydrogen) atoms. The van der Waals surface area contributed by atoms with Crippen molar-refractivity contribution < 1.29 is 38.3 Å². The number of nitrogens with two attached hydrogens (primary N) is 5. The Morgan fingerprint density at radius 2 is 0.818 bits per heavy atom. The van der Waals surface area contributed by atoms with E-state index in [1.54, 1.807) is 0 Å². The molecule has 0 aromatic rings. The maximum atomic E-state index is 8.47. The van der Waals surface area contributed by atoms with Crippen molar-refractivity contribution in [3.05, 3.63) is 35.7 Å². The molecule has 0 unspecified atom stereocenters. The molecule has 0 saturated heterocycles. The SMILES string of the molecule is O.O=[N+](O)O.[Cr+3].[NH2-].[NH2-].[NH2-].[NH2-].[NH2-]. The summed E-state index contributed by atoms with van der Waals surface area (Å²) in [5.41, 5.74) is 0. The van der Waals surface area contributed by atoms with Gasteiger partial charge < -0.3 is 36.2 Å². The molecule has 10 nitrogen and oxygen atoms in total. The van der Waals surface area contributed by atoms with E-state index in [1.807, 2.05) is 0 Å². The number of hydrogen-bond acceptors (Lipinski definition) is 1. The van der Waals surface area contributed by atoms with Crippen LogP contribution in [-0.4, -0.2) is 21.0 Å². The number of nitrogens with zero attached hydrogens (tertiary/aromatic N) is 1. The molecule has 1 radical (unpaired) electrons. The number of hydrogen-bond donors (Lipinski definition) is 2. The first kappa shape index (κ1) is 152. The fraction of sp³-hybridized carbons (Fsp3) is 0. The molecule has 0 spiro atoms. The van der Waals surface area contributed by atoms with Gasteiger partial charge in [-0.05, 0) is 0 Å². The molecule has 0 fully saturated rings. The molecule has 0 rings (SSSR count). The Morgan fingerprint density at radius 1 is 0.818 bits per heavy atom. The summed E-state index contributed by atoms with van der Waals surface area (Å²) in [5, 5.41) is 12.5. The van der Waals surface area contributed by atoms with Crippen molar-refractivity contribution in [3.63, 3.8) is 0 Å². The second-order valence-electron chi connectivity index (χ2n) is 0.253. The van der Waals surface area contributed by atoms with Crippen LogP contribution < -0.4 is 0 Å². The van der Waals surface area contributed by atoms with Crippen molar-refractivity contribution in [3.8, 4) is 0 Å². The summed E-state index contributed by atoms with van der Waals surface area (Å²) < 4.78 is 0. The van der Waals surface area contributed by atoms with Crippen molar-refractivity contribution in [1.82, 2.24) is 0 Å². The van der Waals surface area contributed by atoms with Gasteiger partial charge >= 0.3 is 22.4 Å². The smallest absolute Gasteiger partial charge is 0.693 e. The van der Waals surface area contributed by atoms with Crippen LogP contribution in [0.2, 0.25) is 0 Å². The van der Waals surface area contributed by atoms with E-state index in [0.29, 0.717) is 0 Å². The summed E-state index contributed by atoms with van der Waals surface area (Å²) >= 11 is 0. The summed E-state index contributed by atoms with van der Waals surface area (Å²) in [6, 6.07) is 0. The quantitative estimate of drug-likeness (QED) is 0.574. The molecule has 0 aliphatic heterocycles. The van der Waals surface area contributed by atoms with Crippen LogP contribution in [0.5, 0.6) is 0 Å². The summed E-state index contributed by atoms with van der Waals surface area (Å²) in [7, 11) is 0. The van der Waals surface area contributed by atoms with Crippen LogP contribution in [0.3, 0.4) is 0 Å². The minimum atomic E-state index is -1.25. The van der Waals surface area contributed by atoms with E-state index in [2.05, 4.69) is 0 Å². The van der Waals surface area contributed by atoms with Gasteiger partial charge in [0, 0.05) is 0 Å². The minimum absolute atomic E-state index is 0. The third-order valence-electron chi connectivity index (χ3n) is 0.